The van der Waals surface area contributed by atoms with Crippen molar-refractivity contribution in [2.75, 3.05) is 5.73 Å². The van der Waals surface area contributed by atoms with E-state index < -0.39 is 11.9 Å². The second-order valence-corrected chi connectivity index (χ2v) is 5.55. The Kier molecular flexibility index (Phi) is 4.35. The highest BCUT2D eigenvalue weighted by Gasteiger charge is 2.16. The Morgan fingerprint density at radius 1 is 1.32 bits per heavy atom. The lowest BCUT2D eigenvalue weighted by Crippen LogP contribution is -2.08. The number of anilines is 1. The lowest BCUT2D eigenvalue weighted by Gasteiger charge is -2.18. The molecule has 1 unspecified atom stereocenters. The molecule has 0 fully saturated rings. The van der Waals surface area contributed by atoms with Crippen LogP contribution in [0.3, 0.4) is 0 Å². The number of halogens is 1. The van der Waals surface area contributed by atoms with Gasteiger partial charge in [-0.2, -0.15) is 10.4 Å². The van der Waals surface area contributed by atoms with Crippen LogP contribution in [0.2, 0.25) is 0 Å². The van der Waals surface area contributed by atoms with Gasteiger partial charge in [-0.25, -0.2) is 9.37 Å². The number of ether oxygens (including phenoxy) is 1. The van der Waals surface area contributed by atoms with Gasteiger partial charge < -0.3 is 10.5 Å². The summed E-state index contributed by atoms with van der Waals surface area (Å²) in [4.78, 5) is 4.16. The zero-order valence-corrected chi connectivity index (χ0v) is 13.8. The van der Waals surface area contributed by atoms with Crippen molar-refractivity contribution in [1.29, 1.82) is 5.26 Å². The van der Waals surface area contributed by atoms with Crippen LogP contribution >= 0.6 is 0 Å². The lowest BCUT2D eigenvalue weighted by atomic mass is 10.0. The quantitative estimate of drug-likeness (QED) is 0.789. The van der Waals surface area contributed by atoms with Crippen molar-refractivity contribution >= 4 is 5.82 Å². The third-order valence-electron chi connectivity index (χ3n) is 3.87. The third-order valence-corrected chi connectivity index (χ3v) is 3.87. The Morgan fingerprint density at radius 3 is 2.80 bits per heavy atom. The number of aryl methyl sites for hydroxylation is 1. The van der Waals surface area contributed by atoms with Crippen molar-refractivity contribution in [1.82, 2.24) is 14.8 Å². The zero-order chi connectivity index (χ0) is 18.0. The number of rotatable bonds is 4. The number of nitrogens with zero attached hydrogens (tertiary/aromatic N) is 4. The molecular formula is C18H16FN5O. The van der Waals surface area contributed by atoms with Crippen molar-refractivity contribution in [3.8, 4) is 23.1 Å². The molecule has 6 nitrogen and oxygen atoms in total. The summed E-state index contributed by atoms with van der Waals surface area (Å²) >= 11 is 0. The summed E-state index contributed by atoms with van der Waals surface area (Å²) < 4.78 is 21.1. The van der Waals surface area contributed by atoms with E-state index in [2.05, 4.69) is 10.1 Å². The Hall–Kier alpha value is -3.40. The van der Waals surface area contributed by atoms with Crippen LogP contribution in [0.5, 0.6) is 5.75 Å². The Morgan fingerprint density at radius 2 is 2.12 bits per heavy atom. The van der Waals surface area contributed by atoms with Gasteiger partial charge in [0, 0.05) is 30.6 Å². The molecule has 2 aromatic heterocycles. The summed E-state index contributed by atoms with van der Waals surface area (Å²) in [6.45, 7) is 1.73. The summed E-state index contributed by atoms with van der Waals surface area (Å²) in [6, 6.07) is 9.60. The van der Waals surface area contributed by atoms with Crippen molar-refractivity contribution in [3.05, 3.63) is 59.7 Å². The smallest absolute Gasteiger partial charge is 0.166 e. The number of nitrogens with two attached hydrogens (primary N) is 1. The molecule has 0 amide bonds. The number of hydrogen-bond acceptors (Lipinski definition) is 5. The summed E-state index contributed by atoms with van der Waals surface area (Å²) in [7, 11) is 1.82. The number of benzene rings is 1. The first-order chi connectivity index (χ1) is 12.0. The van der Waals surface area contributed by atoms with E-state index in [-0.39, 0.29) is 5.82 Å². The van der Waals surface area contributed by atoms with E-state index in [4.69, 9.17) is 10.5 Å². The minimum atomic E-state index is -0.573. The third kappa shape index (κ3) is 3.28. The minimum Gasteiger partial charge on any atom is -0.482 e. The fourth-order valence-corrected chi connectivity index (χ4v) is 2.57. The molecule has 3 rings (SSSR count). The molecule has 0 aliphatic carbocycles. The summed E-state index contributed by atoms with van der Waals surface area (Å²) in [5.41, 5.74) is 8.36. The van der Waals surface area contributed by atoms with E-state index in [0.717, 1.165) is 11.3 Å². The van der Waals surface area contributed by atoms with Gasteiger partial charge in [-0.05, 0) is 37.3 Å². The highest BCUT2D eigenvalue weighted by Crippen LogP contribution is 2.31. The molecule has 0 spiro atoms. The molecule has 2 heterocycles. The highest BCUT2D eigenvalue weighted by atomic mass is 19.1. The van der Waals surface area contributed by atoms with Crippen LogP contribution in [-0.4, -0.2) is 14.8 Å². The molecule has 25 heavy (non-hydrogen) atoms. The number of pyridine rings is 1. The second kappa shape index (κ2) is 6.61. The largest absolute Gasteiger partial charge is 0.482 e. The standard InChI is InChI=1S/C18H16FN5O/c1-11(15-8-14(19)4-3-12(15)9-20)25-17-7-13(10-22-18(17)21)16-5-6-23-24(16)2/h3-8,10-11H,1-2H3,(H2,21,22). The van der Waals surface area contributed by atoms with E-state index >= 15 is 0 Å². The summed E-state index contributed by atoms with van der Waals surface area (Å²) in [5, 5.41) is 13.3. The molecule has 2 N–H and O–H groups in total. The number of nitrogen functional groups attached to an aromatic ring is 1. The minimum absolute atomic E-state index is 0.215. The lowest BCUT2D eigenvalue weighted by molar-refractivity contribution is 0.227. The van der Waals surface area contributed by atoms with Crippen LogP contribution in [0.4, 0.5) is 10.2 Å². The summed E-state index contributed by atoms with van der Waals surface area (Å²) in [5.74, 6) is 0.145. The fourth-order valence-electron chi connectivity index (χ4n) is 2.57. The van der Waals surface area contributed by atoms with Gasteiger partial charge in [-0.3, -0.25) is 4.68 Å². The van der Waals surface area contributed by atoms with Crippen LogP contribution in [-0.2, 0) is 7.05 Å². The summed E-state index contributed by atoms with van der Waals surface area (Å²) in [6.07, 6.45) is 2.74. The Bertz CT molecular complexity index is 960. The van der Waals surface area contributed by atoms with Crippen LogP contribution in [0.25, 0.3) is 11.3 Å². The second-order valence-electron chi connectivity index (χ2n) is 5.55. The average Bonchev–Trinajstić information content (AvgIpc) is 3.02. The predicted molar refractivity (Wildman–Crippen MR) is 91.0 cm³/mol. The number of hydrogen-bond donors (Lipinski definition) is 1. The highest BCUT2D eigenvalue weighted by molar-refractivity contribution is 5.64. The van der Waals surface area contributed by atoms with Crippen molar-refractivity contribution in [2.45, 2.75) is 13.0 Å². The van der Waals surface area contributed by atoms with E-state index in [1.54, 1.807) is 30.1 Å². The molecule has 0 bridgehead atoms. The zero-order valence-electron chi connectivity index (χ0n) is 13.8. The van der Waals surface area contributed by atoms with Crippen molar-refractivity contribution < 1.29 is 9.13 Å². The first-order valence-electron chi connectivity index (χ1n) is 7.59. The molecule has 0 aliphatic rings. The first kappa shape index (κ1) is 16.5. The molecule has 7 heteroatoms. The van der Waals surface area contributed by atoms with Crippen molar-refractivity contribution in [3.63, 3.8) is 0 Å². The van der Waals surface area contributed by atoms with Crippen LogP contribution in [0, 0.1) is 17.1 Å². The Balaban J connectivity index is 1.94. The van der Waals surface area contributed by atoms with Gasteiger partial charge in [0.25, 0.3) is 0 Å². The van der Waals surface area contributed by atoms with E-state index in [0.29, 0.717) is 16.9 Å². The SMILES string of the molecule is CC(Oc1cc(-c2ccnn2C)cnc1N)c1cc(F)ccc1C#N. The number of nitriles is 1. The maximum absolute atomic E-state index is 13.5. The van der Waals surface area contributed by atoms with Crippen LogP contribution in [0.1, 0.15) is 24.2 Å². The van der Waals surface area contributed by atoms with Gasteiger partial charge in [0.2, 0.25) is 0 Å². The monoisotopic (exact) mass is 337 g/mol. The molecule has 126 valence electrons. The predicted octanol–water partition coefficient (Wildman–Crippen LogP) is 3.22. The molecular weight excluding hydrogens is 321 g/mol. The maximum Gasteiger partial charge on any atom is 0.166 e. The van der Waals surface area contributed by atoms with E-state index in [1.165, 1.54) is 18.2 Å². The van der Waals surface area contributed by atoms with Crippen molar-refractivity contribution in [2.24, 2.45) is 7.05 Å². The molecule has 1 atom stereocenters. The van der Waals surface area contributed by atoms with E-state index in [1.807, 2.05) is 19.2 Å². The molecule has 0 radical (unpaired) electrons. The molecule has 0 aliphatic heterocycles. The molecule has 1 aromatic carbocycles. The number of aromatic nitrogens is 3. The average molecular weight is 337 g/mol. The van der Waals surface area contributed by atoms with Gasteiger partial charge >= 0.3 is 0 Å². The van der Waals surface area contributed by atoms with Gasteiger partial charge in [-0.1, -0.05) is 0 Å². The maximum atomic E-state index is 13.5. The van der Waals surface area contributed by atoms with Crippen LogP contribution in [0.15, 0.2) is 42.7 Å². The van der Waals surface area contributed by atoms with Gasteiger partial charge in [0.05, 0.1) is 17.3 Å². The molecule has 0 saturated heterocycles. The van der Waals surface area contributed by atoms with Gasteiger partial charge in [0.1, 0.15) is 11.9 Å². The van der Waals surface area contributed by atoms with Gasteiger partial charge in [-0.15, -0.1) is 0 Å². The fraction of sp³-hybridized carbons (Fsp3) is 0.167. The van der Waals surface area contributed by atoms with Crippen LogP contribution < -0.4 is 10.5 Å². The normalized spacial score (nSPS) is 11.8. The Labute approximate surface area is 144 Å². The first-order valence-corrected chi connectivity index (χ1v) is 7.59. The van der Waals surface area contributed by atoms with E-state index in [9.17, 15) is 9.65 Å². The topological polar surface area (TPSA) is 89.8 Å². The molecule has 3 aromatic rings. The van der Waals surface area contributed by atoms with Gasteiger partial charge in [0.15, 0.2) is 11.6 Å². The molecule has 0 saturated carbocycles.